The first-order chi connectivity index (χ1) is 8.78. The van der Waals surface area contributed by atoms with Crippen LogP contribution in [0.1, 0.15) is 5.56 Å². The summed E-state index contributed by atoms with van der Waals surface area (Å²) in [5, 5.41) is 3.91. The highest BCUT2D eigenvalue weighted by Crippen LogP contribution is 2.38. The van der Waals surface area contributed by atoms with E-state index in [1.165, 1.54) is 5.56 Å². The molecule has 0 saturated carbocycles. The fourth-order valence-electron chi connectivity index (χ4n) is 2.29. The molecule has 0 aliphatic carbocycles. The van der Waals surface area contributed by atoms with Crippen molar-refractivity contribution in [2.75, 3.05) is 7.05 Å². The van der Waals surface area contributed by atoms with Crippen LogP contribution in [0.25, 0.3) is 11.1 Å². The Kier molecular flexibility index (Phi) is 2.98. The topological polar surface area (TPSA) is 21.3 Å². The van der Waals surface area contributed by atoms with Crippen LogP contribution < -0.4 is 10.1 Å². The van der Waals surface area contributed by atoms with Crippen LogP contribution in [0.15, 0.2) is 42.5 Å². The standard InChI is InChI=1S/C15H14ClNO/c1-17-14-9-11-3-2-4-13(15(11)18-14)10-5-7-12(16)8-6-10/h2-8,14,17H,9H2,1H3. The Morgan fingerprint density at radius 1 is 1.17 bits per heavy atom. The summed E-state index contributed by atoms with van der Waals surface area (Å²) in [6.07, 6.45) is 0.987. The van der Waals surface area contributed by atoms with Crippen molar-refractivity contribution in [3.05, 3.63) is 53.1 Å². The second-order valence-electron chi connectivity index (χ2n) is 4.40. The molecule has 1 aliphatic rings. The molecule has 1 aliphatic heterocycles. The van der Waals surface area contributed by atoms with Crippen LogP contribution in [-0.2, 0) is 6.42 Å². The molecule has 3 rings (SSSR count). The molecule has 1 atom stereocenters. The van der Waals surface area contributed by atoms with Crippen molar-refractivity contribution in [3.63, 3.8) is 0 Å². The highest BCUT2D eigenvalue weighted by Gasteiger charge is 2.24. The van der Waals surface area contributed by atoms with E-state index in [2.05, 4.69) is 23.5 Å². The van der Waals surface area contributed by atoms with Gasteiger partial charge in [0.05, 0.1) is 0 Å². The van der Waals surface area contributed by atoms with E-state index in [-0.39, 0.29) is 6.23 Å². The highest BCUT2D eigenvalue weighted by atomic mass is 35.5. The van der Waals surface area contributed by atoms with Crippen molar-refractivity contribution in [1.29, 1.82) is 0 Å². The van der Waals surface area contributed by atoms with Gasteiger partial charge in [0.15, 0.2) is 6.23 Å². The molecule has 3 heteroatoms. The minimum Gasteiger partial charge on any atom is -0.474 e. The summed E-state index contributed by atoms with van der Waals surface area (Å²) in [4.78, 5) is 0. The van der Waals surface area contributed by atoms with Crippen LogP contribution in [0.5, 0.6) is 5.75 Å². The van der Waals surface area contributed by atoms with Gasteiger partial charge in [0, 0.05) is 17.0 Å². The fourth-order valence-corrected chi connectivity index (χ4v) is 2.41. The second kappa shape index (κ2) is 4.63. The van der Waals surface area contributed by atoms with Crippen molar-refractivity contribution < 1.29 is 4.74 Å². The Morgan fingerprint density at radius 3 is 2.67 bits per heavy atom. The van der Waals surface area contributed by atoms with E-state index < -0.39 is 0 Å². The van der Waals surface area contributed by atoms with Gasteiger partial charge in [-0.3, -0.25) is 5.32 Å². The SMILES string of the molecule is CNC1Cc2cccc(-c3ccc(Cl)cc3)c2O1. The molecule has 92 valence electrons. The summed E-state index contributed by atoms with van der Waals surface area (Å²) < 4.78 is 5.93. The molecule has 0 amide bonds. The summed E-state index contributed by atoms with van der Waals surface area (Å²) in [5.74, 6) is 0.985. The third-order valence-corrected chi connectivity index (χ3v) is 3.49. The van der Waals surface area contributed by atoms with Crippen LogP contribution in [0, 0.1) is 0 Å². The van der Waals surface area contributed by atoms with Gasteiger partial charge in [-0.25, -0.2) is 0 Å². The summed E-state index contributed by atoms with van der Waals surface area (Å²) in [7, 11) is 1.92. The number of fused-ring (bicyclic) bond motifs is 1. The van der Waals surface area contributed by atoms with E-state index in [1.807, 2.05) is 31.3 Å². The average Bonchev–Trinajstić information content (AvgIpc) is 2.82. The van der Waals surface area contributed by atoms with Gasteiger partial charge in [-0.05, 0) is 30.3 Å². The molecule has 2 aromatic carbocycles. The molecule has 0 bridgehead atoms. The smallest absolute Gasteiger partial charge is 0.154 e. The molecule has 0 spiro atoms. The first-order valence-electron chi connectivity index (χ1n) is 5.99. The molecule has 0 radical (unpaired) electrons. The molecular formula is C15H14ClNO. The monoisotopic (exact) mass is 259 g/mol. The Hall–Kier alpha value is -1.51. The van der Waals surface area contributed by atoms with Crippen molar-refractivity contribution in [3.8, 4) is 16.9 Å². The zero-order valence-corrected chi connectivity index (χ0v) is 10.9. The van der Waals surface area contributed by atoms with Crippen molar-refractivity contribution in [2.24, 2.45) is 0 Å². The lowest BCUT2D eigenvalue weighted by molar-refractivity contribution is 0.204. The van der Waals surface area contributed by atoms with E-state index >= 15 is 0 Å². The van der Waals surface area contributed by atoms with Gasteiger partial charge in [-0.1, -0.05) is 41.9 Å². The number of hydrogen-bond acceptors (Lipinski definition) is 2. The van der Waals surface area contributed by atoms with E-state index in [4.69, 9.17) is 16.3 Å². The predicted molar refractivity (Wildman–Crippen MR) is 74.1 cm³/mol. The summed E-state index contributed by atoms with van der Waals surface area (Å²) in [6.45, 7) is 0. The predicted octanol–water partition coefficient (Wildman–Crippen LogP) is 3.49. The molecule has 2 aromatic rings. The minimum absolute atomic E-state index is 0.0773. The van der Waals surface area contributed by atoms with Gasteiger partial charge in [0.25, 0.3) is 0 Å². The Labute approximate surface area is 112 Å². The largest absolute Gasteiger partial charge is 0.474 e. The number of para-hydroxylation sites is 1. The highest BCUT2D eigenvalue weighted by molar-refractivity contribution is 6.30. The summed E-state index contributed by atoms with van der Waals surface area (Å²) >= 11 is 5.92. The molecule has 0 saturated heterocycles. The number of rotatable bonds is 2. The molecule has 1 unspecified atom stereocenters. The van der Waals surface area contributed by atoms with E-state index in [0.29, 0.717) is 0 Å². The Morgan fingerprint density at radius 2 is 1.94 bits per heavy atom. The van der Waals surface area contributed by atoms with E-state index in [1.54, 1.807) is 0 Å². The quantitative estimate of drug-likeness (QED) is 0.892. The summed E-state index contributed by atoms with van der Waals surface area (Å²) in [5.41, 5.74) is 3.51. The maximum absolute atomic E-state index is 5.93. The molecule has 0 fully saturated rings. The second-order valence-corrected chi connectivity index (χ2v) is 4.84. The average molecular weight is 260 g/mol. The number of hydrogen-bond donors (Lipinski definition) is 1. The maximum Gasteiger partial charge on any atom is 0.154 e. The number of halogens is 1. The number of ether oxygens (including phenoxy) is 1. The first-order valence-corrected chi connectivity index (χ1v) is 6.37. The summed E-state index contributed by atoms with van der Waals surface area (Å²) in [6, 6.07) is 14.1. The van der Waals surface area contributed by atoms with Crippen molar-refractivity contribution >= 4 is 11.6 Å². The maximum atomic E-state index is 5.93. The number of nitrogens with one attached hydrogen (secondary N) is 1. The lowest BCUT2D eigenvalue weighted by Gasteiger charge is -2.11. The number of benzene rings is 2. The van der Waals surface area contributed by atoms with Crippen LogP contribution in [0.3, 0.4) is 0 Å². The van der Waals surface area contributed by atoms with Crippen LogP contribution in [-0.4, -0.2) is 13.3 Å². The molecular weight excluding hydrogens is 246 g/mol. The molecule has 1 heterocycles. The van der Waals surface area contributed by atoms with Crippen molar-refractivity contribution in [1.82, 2.24) is 5.32 Å². The molecule has 2 nitrogen and oxygen atoms in total. The van der Waals surface area contributed by atoms with Crippen LogP contribution in [0.2, 0.25) is 5.02 Å². The van der Waals surface area contributed by atoms with Gasteiger partial charge >= 0.3 is 0 Å². The van der Waals surface area contributed by atoms with Crippen LogP contribution >= 0.6 is 11.6 Å². The van der Waals surface area contributed by atoms with Gasteiger partial charge in [-0.2, -0.15) is 0 Å². The molecule has 18 heavy (non-hydrogen) atoms. The van der Waals surface area contributed by atoms with Gasteiger partial charge in [0.2, 0.25) is 0 Å². The van der Waals surface area contributed by atoms with E-state index in [0.717, 1.165) is 28.3 Å². The fraction of sp³-hybridized carbons (Fsp3) is 0.200. The third kappa shape index (κ3) is 1.98. The lowest BCUT2D eigenvalue weighted by atomic mass is 10.0. The van der Waals surface area contributed by atoms with Crippen molar-refractivity contribution in [2.45, 2.75) is 12.6 Å². The zero-order valence-electron chi connectivity index (χ0n) is 10.1. The Bertz CT molecular complexity index is 565. The molecule has 1 N–H and O–H groups in total. The van der Waals surface area contributed by atoms with Gasteiger partial charge < -0.3 is 4.74 Å². The lowest BCUT2D eigenvalue weighted by Crippen LogP contribution is -2.29. The van der Waals surface area contributed by atoms with Crippen LogP contribution in [0.4, 0.5) is 0 Å². The minimum atomic E-state index is 0.0773. The first kappa shape index (κ1) is 11.6. The number of likely N-dealkylation sites (N-methyl/N-ethyl adjacent to an activating group) is 1. The van der Waals surface area contributed by atoms with Gasteiger partial charge in [0.1, 0.15) is 5.75 Å². The molecule has 0 aromatic heterocycles. The third-order valence-electron chi connectivity index (χ3n) is 3.24. The van der Waals surface area contributed by atoms with Gasteiger partial charge in [-0.15, -0.1) is 0 Å². The van der Waals surface area contributed by atoms with E-state index in [9.17, 15) is 0 Å². The normalized spacial score (nSPS) is 17.3. The Balaban J connectivity index is 2.05. The zero-order chi connectivity index (χ0) is 12.5.